The number of hydrogen-bond acceptors (Lipinski definition) is 4. The SMILES string of the molecule is COc1cc(C(CC(=O)O)C2CC2)cc(F)c1S(C)(=O)=O. The van der Waals surface area contributed by atoms with E-state index in [1.165, 1.54) is 13.2 Å². The van der Waals surface area contributed by atoms with Gasteiger partial charge in [0, 0.05) is 6.26 Å². The van der Waals surface area contributed by atoms with Gasteiger partial charge in [-0.25, -0.2) is 12.8 Å². The Morgan fingerprint density at radius 3 is 2.52 bits per heavy atom. The van der Waals surface area contributed by atoms with Crippen LogP contribution in [0.25, 0.3) is 0 Å². The Bertz CT molecular complexity index is 664. The molecule has 0 amide bonds. The zero-order chi connectivity index (χ0) is 15.8. The number of carbonyl (C=O) groups is 1. The van der Waals surface area contributed by atoms with Crippen molar-refractivity contribution in [3.63, 3.8) is 0 Å². The van der Waals surface area contributed by atoms with Crippen molar-refractivity contribution in [1.29, 1.82) is 0 Å². The van der Waals surface area contributed by atoms with E-state index < -0.39 is 26.5 Å². The number of aliphatic carboxylic acids is 1. The third-order valence-electron chi connectivity index (χ3n) is 3.64. The summed E-state index contributed by atoms with van der Waals surface area (Å²) in [6.45, 7) is 0. The fraction of sp³-hybridized carbons (Fsp3) is 0.500. The zero-order valence-electron chi connectivity index (χ0n) is 11.8. The molecule has 1 aromatic rings. The number of benzene rings is 1. The Hall–Kier alpha value is -1.63. The van der Waals surface area contributed by atoms with Crippen LogP contribution in [0.5, 0.6) is 5.75 Å². The number of carboxylic acid groups (broad SMARTS) is 1. The summed E-state index contributed by atoms with van der Waals surface area (Å²) in [7, 11) is -2.50. The predicted molar refractivity (Wildman–Crippen MR) is 73.8 cm³/mol. The van der Waals surface area contributed by atoms with E-state index in [1.807, 2.05) is 0 Å². The maximum Gasteiger partial charge on any atom is 0.303 e. The Balaban J connectivity index is 2.50. The fourth-order valence-corrected chi connectivity index (χ4v) is 3.48. The van der Waals surface area contributed by atoms with Gasteiger partial charge in [-0.3, -0.25) is 4.79 Å². The molecule has 0 spiro atoms. The number of methoxy groups -OCH3 is 1. The standard InChI is InChI=1S/C14H17FO5S/c1-20-12-6-9(5-11(15)14(12)21(2,18)19)10(7-13(16)17)8-3-4-8/h5-6,8,10H,3-4,7H2,1-2H3,(H,16,17). The quantitative estimate of drug-likeness (QED) is 0.870. The summed E-state index contributed by atoms with van der Waals surface area (Å²) >= 11 is 0. The van der Waals surface area contributed by atoms with E-state index in [-0.39, 0.29) is 24.0 Å². The van der Waals surface area contributed by atoms with Crippen molar-refractivity contribution in [1.82, 2.24) is 0 Å². The minimum atomic E-state index is -3.76. The molecule has 1 aliphatic carbocycles. The molecule has 0 saturated heterocycles. The highest BCUT2D eigenvalue weighted by Crippen LogP contribution is 2.46. The topological polar surface area (TPSA) is 80.7 Å². The number of sulfone groups is 1. The number of halogens is 1. The second-order valence-corrected chi connectivity index (χ2v) is 7.30. The molecule has 0 aromatic heterocycles. The Morgan fingerprint density at radius 2 is 2.10 bits per heavy atom. The lowest BCUT2D eigenvalue weighted by atomic mass is 9.91. The first kappa shape index (κ1) is 15.8. The molecule has 0 bridgehead atoms. The van der Waals surface area contributed by atoms with E-state index in [4.69, 9.17) is 9.84 Å². The first-order valence-corrected chi connectivity index (χ1v) is 8.42. The van der Waals surface area contributed by atoms with E-state index in [2.05, 4.69) is 0 Å². The van der Waals surface area contributed by atoms with E-state index in [1.54, 1.807) is 0 Å². The van der Waals surface area contributed by atoms with Gasteiger partial charge >= 0.3 is 5.97 Å². The lowest BCUT2D eigenvalue weighted by Gasteiger charge is -2.17. The van der Waals surface area contributed by atoms with Crippen LogP contribution in [0.2, 0.25) is 0 Å². The van der Waals surface area contributed by atoms with Crippen LogP contribution < -0.4 is 4.74 Å². The van der Waals surface area contributed by atoms with Crippen molar-refractivity contribution in [2.75, 3.05) is 13.4 Å². The molecule has 116 valence electrons. The molecule has 0 radical (unpaired) electrons. The van der Waals surface area contributed by atoms with Crippen molar-refractivity contribution in [2.45, 2.75) is 30.1 Å². The molecule has 0 heterocycles. The molecule has 2 rings (SSSR count). The second kappa shape index (κ2) is 5.63. The fourth-order valence-electron chi connectivity index (χ4n) is 2.56. The molecule has 1 saturated carbocycles. The monoisotopic (exact) mass is 316 g/mol. The third-order valence-corrected chi connectivity index (χ3v) is 4.77. The Labute approximate surface area is 122 Å². The molecular weight excluding hydrogens is 299 g/mol. The Kier molecular flexibility index (Phi) is 4.22. The highest BCUT2D eigenvalue weighted by atomic mass is 32.2. The van der Waals surface area contributed by atoms with Gasteiger partial charge < -0.3 is 9.84 Å². The first-order valence-electron chi connectivity index (χ1n) is 6.53. The molecule has 0 aliphatic heterocycles. The van der Waals surface area contributed by atoms with Gasteiger partial charge in [0.1, 0.15) is 16.5 Å². The highest BCUT2D eigenvalue weighted by Gasteiger charge is 2.35. The van der Waals surface area contributed by atoms with Crippen LogP contribution in [-0.2, 0) is 14.6 Å². The van der Waals surface area contributed by atoms with Crippen LogP contribution in [0.15, 0.2) is 17.0 Å². The maximum absolute atomic E-state index is 14.2. The summed E-state index contributed by atoms with van der Waals surface area (Å²) < 4.78 is 42.4. The van der Waals surface area contributed by atoms with E-state index in [9.17, 15) is 17.6 Å². The molecule has 1 fully saturated rings. The largest absolute Gasteiger partial charge is 0.495 e. The molecule has 1 aliphatic rings. The van der Waals surface area contributed by atoms with Gasteiger partial charge in [0.2, 0.25) is 0 Å². The number of ether oxygens (including phenoxy) is 1. The Morgan fingerprint density at radius 1 is 1.48 bits per heavy atom. The molecule has 1 atom stereocenters. The van der Waals surface area contributed by atoms with Crippen molar-refractivity contribution >= 4 is 15.8 Å². The number of carboxylic acids is 1. The zero-order valence-corrected chi connectivity index (χ0v) is 12.6. The highest BCUT2D eigenvalue weighted by molar-refractivity contribution is 7.90. The summed E-state index contributed by atoms with van der Waals surface area (Å²) in [5.41, 5.74) is 0.474. The van der Waals surface area contributed by atoms with Gasteiger partial charge in [0.05, 0.1) is 13.5 Å². The van der Waals surface area contributed by atoms with Gasteiger partial charge in [-0.1, -0.05) is 0 Å². The van der Waals surface area contributed by atoms with Gasteiger partial charge in [0.15, 0.2) is 9.84 Å². The van der Waals surface area contributed by atoms with E-state index >= 15 is 0 Å². The van der Waals surface area contributed by atoms with Gasteiger partial charge in [0.25, 0.3) is 0 Å². The minimum absolute atomic E-state index is 0.0801. The number of rotatable bonds is 6. The molecular formula is C14H17FO5S. The van der Waals surface area contributed by atoms with E-state index in [0.717, 1.165) is 25.2 Å². The first-order chi connectivity index (χ1) is 9.74. The average Bonchev–Trinajstić information content (AvgIpc) is 3.17. The lowest BCUT2D eigenvalue weighted by molar-refractivity contribution is -0.137. The van der Waals surface area contributed by atoms with Crippen LogP contribution in [0, 0.1) is 11.7 Å². The molecule has 5 nitrogen and oxygen atoms in total. The lowest BCUT2D eigenvalue weighted by Crippen LogP contribution is -2.11. The second-order valence-electron chi connectivity index (χ2n) is 5.35. The number of hydrogen-bond donors (Lipinski definition) is 1. The molecule has 1 N–H and O–H groups in total. The summed E-state index contributed by atoms with van der Waals surface area (Å²) in [6.07, 6.45) is 2.60. The van der Waals surface area contributed by atoms with Crippen molar-refractivity contribution in [2.24, 2.45) is 5.92 Å². The average molecular weight is 316 g/mol. The predicted octanol–water partition coefficient (Wildman–Crippen LogP) is 2.21. The third kappa shape index (κ3) is 3.53. The van der Waals surface area contributed by atoms with Gasteiger partial charge in [-0.05, 0) is 42.4 Å². The van der Waals surface area contributed by atoms with E-state index in [0.29, 0.717) is 5.56 Å². The van der Waals surface area contributed by atoms with Crippen LogP contribution in [-0.4, -0.2) is 32.9 Å². The molecule has 21 heavy (non-hydrogen) atoms. The smallest absolute Gasteiger partial charge is 0.303 e. The minimum Gasteiger partial charge on any atom is -0.495 e. The van der Waals surface area contributed by atoms with Crippen molar-refractivity contribution in [3.05, 3.63) is 23.5 Å². The molecule has 1 aromatic carbocycles. The van der Waals surface area contributed by atoms with Gasteiger partial charge in [-0.15, -0.1) is 0 Å². The maximum atomic E-state index is 14.2. The summed E-state index contributed by atoms with van der Waals surface area (Å²) in [6, 6.07) is 2.55. The van der Waals surface area contributed by atoms with Crippen molar-refractivity contribution < 1.29 is 27.4 Å². The summed E-state index contributed by atoms with van der Waals surface area (Å²) in [4.78, 5) is 10.5. The van der Waals surface area contributed by atoms with Crippen LogP contribution in [0.4, 0.5) is 4.39 Å². The summed E-state index contributed by atoms with van der Waals surface area (Å²) in [5.74, 6) is -2.06. The van der Waals surface area contributed by atoms with Gasteiger partial charge in [-0.2, -0.15) is 0 Å². The summed E-state index contributed by atoms with van der Waals surface area (Å²) in [5, 5.41) is 8.98. The van der Waals surface area contributed by atoms with Crippen LogP contribution in [0.1, 0.15) is 30.7 Å². The normalized spacial score (nSPS) is 16.5. The molecule has 1 unspecified atom stereocenters. The van der Waals surface area contributed by atoms with Crippen LogP contribution >= 0.6 is 0 Å². The van der Waals surface area contributed by atoms with Crippen molar-refractivity contribution in [3.8, 4) is 5.75 Å². The van der Waals surface area contributed by atoms with Crippen LogP contribution in [0.3, 0.4) is 0 Å². The molecule has 7 heteroatoms.